The van der Waals surface area contributed by atoms with Gasteiger partial charge in [-0.15, -0.1) is 0 Å². The van der Waals surface area contributed by atoms with Gasteiger partial charge in [0.1, 0.15) is 18.0 Å². The van der Waals surface area contributed by atoms with Crippen LogP contribution < -0.4 is 4.74 Å². The van der Waals surface area contributed by atoms with Gasteiger partial charge in [-0.2, -0.15) is 0 Å². The molecule has 5 nitrogen and oxygen atoms in total. The molecule has 0 bridgehead atoms. The van der Waals surface area contributed by atoms with Crippen LogP contribution in [-0.2, 0) is 9.53 Å². The minimum Gasteiger partial charge on any atom is -0.457 e. The van der Waals surface area contributed by atoms with Crippen LogP contribution in [0.5, 0.6) is 5.75 Å². The quantitative estimate of drug-likeness (QED) is 0.680. The molecule has 1 aromatic carbocycles. The molecule has 1 aliphatic heterocycles. The lowest BCUT2D eigenvalue weighted by molar-refractivity contribution is -0.225. The third-order valence-corrected chi connectivity index (χ3v) is 10.0. The molecule has 1 unspecified atom stereocenters. The minimum absolute atomic E-state index is 0.0378. The molecule has 1 saturated heterocycles. The number of ether oxygens (including phenoxy) is 2. The summed E-state index contributed by atoms with van der Waals surface area (Å²) in [5, 5.41) is 23.9. The monoisotopic (exact) mass is 450 g/mol. The number of hydrogen-bond acceptors (Lipinski definition) is 5. The lowest BCUT2D eigenvalue weighted by atomic mass is 9.44. The normalized spacial score (nSPS) is 50.2. The summed E-state index contributed by atoms with van der Waals surface area (Å²) in [6.07, 6.45) is 7.83. The van der Waals surface area contributed by atoms with Gasteiger partial charge in [-0.3, -0.25) is 4.79 Å². The molecule has 0 aromatic heterocycles. The number of carbonyl (C=O) groups excluding carboxylic acids is 1. The Labute approximate surface area is 195 Å². The van der Waals surface area contributed by atoms with E-state index in [1.165, 1.54) is 0 Å². The van der Waals surface area contributed by atoms with E-state index in [0.29, 0.717) is 25.2 Å². The van der Waals surface area contributed by atoms with Gasteiger partial charge in [-0.05, 0) is 67.7 Å². The second kappa shape index (κ2) is 6.80. The molecule has 176 valence electrons. The summed E-state index contributed by atoms with van der Waals surface area (Å²) >= 11 is 0. The van der Waals surface area contributed by atoms with Crippen LogP contribution in [0.1, 0.15) is 46.5 Å². The van der Waals surface area contributed by atoms with Gasteiger partial charge in [0.25, 0.3) is 5.79 Å². The molecule has 1 aromatic rings. The van der Waals surface area contributed by atoms with Crippen LogP contribution in [0, 0.1) is 34.5 Å². The van der Waals surface area contributed by atoms with Gasteiger partial charge in [-0.25, -0.2) is 0 Å². The van der Waals surface area contributed by atoms with E-state index in [0.717, 1.165) is 18.4 Å². The van der Waals surface area contributed by atoms with Crippen molar-refractivity contribution in [2.45, 2.75) is 63.9 Å². The number of allylic oxidation sites excluding steroid dienone is 4. The molecule has 0 amide bonds. The van der Waals surface area contributed by atoms with E-state index in [2.05, 4.69) is 20.8 Å². The van der Waals surface area contributed by atoms with E-state index in [4.69, 9.17) is 9.47 Å². The van der Waals surface area contributed by atoms with E-state index >= 15 is 0 Å². The van der Waals surface area contributed by atoms with E-state index in [9.17, 15) is 15.0 Å². The molecule has 6 rings (SSSR count). The zero-order valence-electron chi connectivity index (χ0n) is 19.7. The van der Waals surface area contributed by atoms with Crippen LogP contribution in [0.25, 0.3) is 0 Å². The number of fused-ring (bicyclic) bond motifs is 5. The van der Waals surface area contributed by atoms with Crippen LogP contribution in [0.4, 0.5) is 0 Å². The first kappa shape index (κ1) is 21.6. The third-order valence-electron chi connectivity index (χ3n) is 10.0. The Bertz CT molecular complexity index is 1040. The number of aliphatic hydroxyl groups excluding tert-OH is 1. The van der Waals surface area contributed by atoms with Crippen LogP contribution in [0.2, 0.25) is 0 Å². The second-order valence-corrected chi connectivity index (χ2v) is 11.6. The Morgan fingerprint density at radius 2 is 1.91 bits per heavy atom. The molecular weight excluding hydrogens is 416 g/mol. The van der Waals surface area contributed by atoms with E-state index in [1.54, 1.807) is 12.2 Å². The smallest absolute Gasteiger partial charge is 0.264 e. The summed E-state index contributed by atoms with van der Waals surface area (Å²) in [6.45, 7) is 6.89. The maximum atomic E-state index is 12.3. The van der Waals surface area contributed by atoms with Crippen molar-refractivity contribution in [3.8, 4) is 5.75 Å². The summed E-state index contributed by atoms with van der Waals surface area (Å²) in [6, 6.07) is 9.55. The molecule has 0 radical (unpaired) electrons. The Hall–Kier alpha value is -1.95. The van der Waals surface area contributed by atoms with Crippen molar-refractivity contribution in [1.82, 2.24) is 0 Å². The van der Waals surface area contributed by atoms with E-state index < -0.39 is 22.9 Å². The molecule has 3 saturated carbocycles. The number of epoxide rings is 1. The van der Waals surface area contributed by atoms with Crippen LogP contribution >= 0.6 is 0 Å². The molecule has 9 atom stereocenters. The average Bonchev–Trinajstić information content (AvgIpc) is 3.50. The van der Waals surface area contributed by atoms with Crippen LogP contribution in [0.15, 0.2) is 54.1 Å². The fourth-order valence-corrected chi connectivity index (χ4v) is 8.51. The first-order valence-corrected chi connectivity index (χ1v) is 12.4. The number of para-hydroxylation sites is 1. The topological polar surface area (TPSA) is 79.3 Å². The number of rotatable bonds is 3. The Morgan fingerprint density at radius 1 is 1.18 bits per heavy atom. The molecule has 4 aliphatic carbocycles. The Balaban J connectivity index is 1.37. The highest BCUT2D eigenvalue weighted by molar-refractivity contribution is 6.01. The molecular formula is C28H34O5. The molecule has 5 aliphatic rings. The van der Waals surface area contributed by atoms with Gasteiger partial charge in [0.05, 0.1) is 6.10 Å². The number of ketones is 1. The SMILES string of the molecule is C[C@H]1C[C@@H]2[C@H]([C@@H](O)C[C@@]3(C)[C@H]2CC[C@]3(O)C2(Oc3ccccc3)CO2)[C@@]2(C)C=CC(=O)C=C12. The average molecular weight is 451 g/mol. The zero-order chi connectivity index (χ0) is 23.2. The largest absolute Gasteiger partial charge is 0.457 e. The predicted molar refractivity (Wildman–Crippen MR) is 123 cm³/mol. The molecule has 33 heavy (non-hydrogen) atoms. The Kier molecular flexibility index (Phi) is 4.45. The summed E-state index contributed by atoms with van der Waals surface area (Å²) in [4.78, 5) is 12.1. The standard InChI is InChI=1S/C28H34O5/c1-17-13-20-21-10-12-27(31,28(16-32-28)33-19-7-5-4-6-8-19)26(21,3)15-23(30)24(20)25(2)11-9-18(29)14-22(17)25/h4-9,11,14,17,20-21,23-24,30-31H,10,12-13,15-16H2,1-3H3/t17-,20-,21-,23-,24+,25-,26-,27+,28?/m0/s1. The summed E-state index contributed by atoms with van der Waals surface area (Å²) in [5.74, 6) is 0.491. The molecule has 4 fully saturated rings. The second-order valence-electron chi connectivity index (χ2n) is 11.6. The van der Waals surface area contributed by atoms with Crippen molar-refractivity contribution >= 4 is 5.78 Å². The number of carbonyl (C=O) groups is 1. The number of benzene rings is 1. The van der Waals surface area contributed by atoms with Crippen molar-refractivity contribution in [2.75, 3.05) is 6.61 Å². The first-order chi connectivity index (χ1) is 15.6. The lowest BCUT2D eigenvalue weighted by Crippen LogP contribution is -2.64. The van der Waals surface area contributed by atoms with Crippen LogP contribution in [-0.4, -0.2) is 40.1 Å². The van der Waals surface area contributed by atoms with Crippen molar-refractivity contribution in [1.29, 1.82) is 0 Å². The number of aliphatic hydroxyl groups is 2. The fraction of sp³-hybridized carbons (Fsp3) is 0.607. The lowest BCUT2D eigenvalue weighted by Gasteiger charge is -2.61. The third kappa shape index (κ3) is 2.73. The molecule has 0 spiro atoms. The van der Waals surface area contributed by atoms with Gasteiger partial charge in [0.2, 0.25) is 0 Å². The summed E-state index contributed by atoms with van der Waals surface area (Å²) in [5.41, 5.74) is -0.872. The highest BCUT2D eigenvalue weighted by Crippen LogP contribution is 2.70. The van der Waals surface area contributed by atoms with E-state index in [-0.39, 0.29) is 34.9 Å². The minimum atomic E-state index is -1.18. The first-order valence-electron chi connectivity index (χ1n) is 12.4. The van der Waals surface area contributed by atoms with Crippen molar-refractivity contribution in [3.63, 3.8) is 0 Å². The summed E-state index contributed by atoms with van der Waals surface area (Å²) < 4.78 is 12.2. The van der Waals surface area contributed by atoms with Crippen molar-refractivity contribution < 1.29 is 24.5 Å². The zero-order valence-corrected chi connectivity index (χ0v) is 19.7. The van der Waals surface area contributed by atoms with Gasteiger partial charge in [-0.1, -0.05) is 50.6 Å². The van der Waals surface area contributed by atoms with E-state index in [1.807, 2.05) is 36.4 Å². The highest BCUT2D eigenvalue weighted by Gasteiger charge is 2.77. The van der Waals surface area contributed by atoms with Gasteiger partial charge >= 0.3 is 0 Å². The Morgan fingerprint density at radius 3 is 2.61 bits per heavy atom. The molecule has 1 heterocycles. The van der Waals surface area contributed by atoms with Crippen molar-refractivity contribution in [2.24, 2.45) is 34.5 Å². The fourth-order valence-electron chi connectivity index (χ4n) is 8.51. The van der Waals surface area contributed by atoms with Gasteiger partial charge in [0, 0.05) is 16.7 Å². The maximum absolute atomic E-state index is 12.3. The van der Waals surface area contributed by atoms with Crippen molar-refractivity contribution in [3.05, 3.63) is 54.1 Å². The maximum Gasteiger partial charge on any atom is 0.264 e. The van der Waals surface area contributed by atoms with Crippen LogP contribution in [0.3, 0.4) is 0 Å². The molecule has 2 N–H and O–H groups in total. The summed E-state index contributed by atoms with van der Waals surface area (Å²) in [7, 11) is 0. The molecule has 5 heteroatoms. The number of hydrogen-bond donors (Lipinski definition) is 2. The predicted octanol–water partition coefficient (Wildman–Crippen LogP) is 4.05. The highest BCUT2D eigenvalue weighted by atomic mass is 16.8. The van der Waals surface area contributed by atoms with Gasteiger partial charge < -0.3 is 19.7 Å². The van der Waals surface area contributed by atoms with Gasteiger partial charge in [0.15, 0.2) is 5.78 Å².